The van der Waals surface area contributed by atoms with Gasteiger partial charge in [0.1, 0.15) is 41.1 Å². The SMILES string of the molecule is C=C1\C=C(OC(=O)CCN2CCCCC2)/C=C/C(OC(=O)COCC)=C\C=C(OC(=O)COc2ccc(C(=O)c3ccccc3)cc2)/C=C\1OC(=O)COc1ccc(C)c(C(=O)c2ccccc2I)c1. The van der Waals surface area contributed by atoms with Crippen molar-refractivity contribution in [2.75, 3.05) is 46.1 Å². The van der Waals surface area contributed by atoms with Gasteiger partial charge in [-0.1, -0.05) is 61.5 Å². The molecule has 0 amide bonds. The van der Waals surface area contributed by atoms with Gasteiger partial charge in [-0.15, -0.1) is 0 Å². The molecule has 1 fully saturated rings. The monoisotopic (exact) mass is 1060 g/mol. The van der Waals surface area contributed by atoms with E-state index in [1.165, 1.54) is 36.5 Å². The Morgan fingerprint density at radius 1 is 0.600 bits per heavy atom. The Bertz CT molecular complexity index is 2730. The molecule has 0 N–H and O–H groups in total. The minimum Gasteiger partial charge on any atom is -0.482 e. The van der Waals surface area contributed by atoms with Crippen molar-refractivity contribution in [1.82, 2.24) is 4.90 Å². The molecule has 1 heterocycles. The first-order chi connectivity index (χ1) is 33.8. The standard InChI is InChI=1S/C55H52INO13/c1-4-64-34-51(59)67-42-23-25-44(68-50(58)27-30-57-28-11-6-12-29-57)31-38(3)49(70-53(61)36-66-43-20-17-37(2)47(32-43)55(63)46-15-9-10-16-48(46)56)33-45(26-24-42)69-52(60)35-65-41-21-18-40(19-22-41)54(62)39-13-7-5-8-14-39/h5,7-10,13-26,31-33H,3-4,6,11-12,27-30,34-36H2,1-2H3/b25-23+,42-24+,44-31+,45-26+,49-33+. The molecule has 0 aromatic heterocycles. The van der Waals surface area contributed by atoms with E-state index >= 15 is 0 Å². The molecule has 14 nitrogen and oxygen atoms in total. The highest BCUT2D eigenvalue weighted by molar-refractivity contribution is 14.1. The average molecular weight is 1060 g/mol. The number of aryl methyl sites for hydroxylation is 1. The van der Waals surface area contributed by atoms with Gasteiger partial charge in [-0.25, -0.2) is 14.4 Å². The summed E-state index contributed by atoms with van der Waals surface area (Å²) in [5, 5.41) is 0. The number of benzene rings is 4. The van der Waals surface area contributed by atoms with Crippen LogP contribution >= 0.6 is 22.6 Å². The van der Waals surface area contributed by atoms with Gasteiger partial charge in [0, 0.05) is 50.6 Å². The van der Waals surface area contributed by atoms with Gasteiger partial charge in [-0.2, -0.15) is 0 Å². The van der Waals surface area contributed by atoms with Crippen molar-refractivity contribution in [2.24, 2.45) is 0 Å². The number of ether oxygens (including phenoxy) is 7. The van der Waals surface area contributed by atoms with Gasteiger partial charge in [0.05, 0.1) is 6.42 Å². The van der Waals surface area contributed by atoms with Crippen LogP contribution in [0.3, 0.4) is 0 Å². The van der Waals surface area contributed by atoms with Gasteiger partial charge >= 0.3 is 23.9 Å². The molecule has 2 aliphatic rings. The second kappa shape index (κ2) is 26.5. The van der Waals surface area contributed by atoms with Crippen LogP contribution in [-0.4, -0.2) is 86.4 Å². The van der Waals surface area contributed by atoms with Crippen molar-refractivity contribution >= 4 is 58.0 Å². The number of ketones is 2. The number of hydrogen-bond acceptors (Lipinski definition) is 14. The summed E-state index contributed by atoms with van der Waals surface area (Å²) in [5.41, 5.74) is 2.54. The van der Waals surface area contributed by atoms with Crippen LogP contribution in [-0.2, 0) is 42.9 Å². The molecule has 1 saturated heterocycles. The number of esters is 4. The Hall–Kier alpha value is -7.21. The van der Waals surface area contributed by atoms with Crippen LogP contribution in [0.4, 0.5) is 0 Å². The molecule has 1 aliphatic heterocycles. The molecule has 0 spiro atoms. The number of allylic oxidation sites excluding steroid dienone is 6. The first-order valence-electron chi connectivity index (χ1n) is 22.6. The average Bonchev–Trinajstić information content (AvgIpc) is 3.39. The third-order valence-corrected chi connectivity index (χ3v) is 11.5. The molecular formula is C55H52INO13. The van der Waals surface area contributed by atoms with Crippen molar-refractivity contribution in [2.45, 2.75) is 39.5 Å². The fourth-order valence-electron chi connectivity index (χ4n) is 6.98. The maximum atomic E-state index is 13.6. The van der Waals surface area contributed by atoms with E-state index in [-0.39, 0.29) is 71.3 Å². The molecule has 0 radical (unpaired) electrons. The second-order valence-electron chi connectivity index (χ2n) is 15.8. The predicted molar refractivity (Wildman–Crippen MR) is 267 cm³/mol. The van der Waals surface area contributed by atoms with Crippen LogP contribution in [0.1, 0.15) is 70.0 Å². The Balaban J connectivity index is 1.25. The van der Waals surface area contributed by atoms with Crippen LogP contribution in [0, 0.1) is 10.5 Å². The summed E-state index contributed by atoms with van der Waals surface area (Å²) in [7, 11) is 0. The van der Waals surface area contributed by atoms with Gasteiger partial charge in [0.15, 0.2) is 24.8 Å². The Morgan fingerprint density at radius 2 is 1.20 bits per heavy atom. The van der Waals surface area contributed by atoms with Gasteiger partial charge in [0.2, 0.25) is 0 Å². The topological polar surface area (TPSA) is 170 Å². The Kier molecular flexibility index (Phi) is 19.8. The fraction of sp³-hybridized carbons (Fsp3) is 0.236. The summed E-state index contributed by atoms with van der Waals surface area (Å²) in [6, 6.07) is 27.1. The quantitative estimate of drug-likeness (QED) is 0.0355. The molecule has 0 unspecified atom stereocenters. The summed E-state index contributed by atoms with van der Waals surface area (Å²) in [6.07, 6.45) is 11.1. The van der Waals surface area contributed by atoms with Crippen molar-refractivity contribution in [1.29, 1.82) is 0 Å². The smallest absolute Gasteiger partial charge is 0.349 e. The van der Waals surface area contributed by atoms with E-state index in [2.05, 4.69) is 34.1 Å². The van der Waals surface area contributed by atoms with Crippen LogP contribution in [0.25, 0.3) is 0 Å². The lowest BCUT2D eigenvalue weighted by molar-refractivity contribution is -0.144. The van der Waals surface area contributed by atoms with E-state index in [9.17, 15) is 28.8 Å². The third kappa shape index (κ3) is 16.2. The van der Waals surface area contributed by atoms with Crippen LogP contribution in [0.2, 0.25) is 0 Å². The van der Waals surface area contributed by atoms with E-state index in [1.54, 1.807) is 92.7 Å². The number of piperidine rings is 1. The number of hydrogen-bond donors (Lipinski definition) is 0. The first-order valence-corrected chi connectivity index (χ1v) is 23.6. The lowest BCUT2D eigenvalue weighted by atomic mass is 9.99. The Labute approximate surface area is 420 Å². The van der Waals surface area contributed by atoms with Gasteiger partial charge in [-0.3, -0.25) is 14.4 Å². The zero-order valence-corrected chi connectivity index (χ0v) is 41.0. The second-order valence-corrected chi connectivity index (χ2v) is 17.0. The number of carbonyl (C=O) groups excluding carboxylic acids is 6. The fourth-order valence-corrected chi connectivity index (χ4v) is 7.61. The van der Waals surface area contributed by atoms with E-state index in [0.29, 0.717) is 34.4 Å². The molecule has 0 saturated carbocycles. The molecule has 4 aromatic rings. The summed E-state index contributed by atoms with van der Waals surface area (Å²) in [6.45, 7) is 8.50. The van der Waals surface area contributed by atoms with E-state index < -0.39 is 37.1 Å². The first kappa shape index (κ1) is 52.2. The summed E-state index contributed by atoms with van der Waals surface area (Å²) in [5.74, 6) is -3.60. The van der Waals surface area contributed by atoms with Crippen molar-refractivity contribution in [3.8, 4) is 11.5 Å². The summed E-state index contributed by atoms with van der Waals surface area (Å²) < 4.78 is 40.4. The van der Waals surface area contributed by atoms with Crippen LogP contribution in [0.15, 0.2) is 169 Å². The number of halogens is 1. The van der Waals surface area contributed by atoms with Crippen molar-refractivity contribution in [3.05, 3.63) is 200 Å². The molecule has 1 aliphatic carbocycles. The van der Waals surface area contributed by atoms with Gasteiger partial charge < -0.3 is 38.1 Å². The molecule has 6 rings (SSSR count). The summed E-state index contributed by atoms with van der Waals surface area (Å²) in [4.78, 5) is 81.7. The zero-order valence-electron chi connectivity index (χ0n) is 38.8. The lowest BCUT2D eigenvalue weighted by Crippen LogP contribution is -2.31. The number of rotatable bonds is 20. The van der Waals surface area contributed by atoms with Crippen LogP contribution < -0.4 is 9.47 Å². The maximum absolute atomic E-state index is 13.6. The van der Waals surface area contributed by atoms with E-state index in [1.807, 2.05) is 18.2 Å². The van der Waals surface area contributed by atoms with E-state index in [4.69, 9.17) is 33.2 Å². The van der Waals surface area contributed by atoms with E-state index in [0.717, 1.165) is 35.9 Å². The number of carbonyl (C=O) groups is 6. The lowest BCUT2D eigenvalue weighted by Gasteiger charge is -2.25. The highest BCUT2D eigenvalue weighted by Gasteiger charge is 2.20. The largest absolute Gasteiger partial charge is 0.482 e. The predicted octanol–water partition coefficient (Wildman–Crippen LogP) is 9.27. The molecule has 0 atom stereocenters. The highest BCUT2D eigenvalue weighted by Crippen LogP contribution is 2.25. The molecule has 15 heteroatoms. The number of nitrogens with zero attached hydrogens (tertiary/aromatic N) is 1. The zero-order chi connectivity index (χ0) is 49.8. The van der Waals surface area contributed by atoms with Gasteiger partial charge in [-0.05, 0) is 147 Å². The van der Waals surface area contributed by atoms with Crippen molar-refractivity contribution < 1.29 is 61.9 Å². The highest BCUT2D eigenvalue weighted by atomic mass is 127. The van der Waals surface area contributed by atoms with Crippen molar-refractivity contribution in [3.63, 3.8) is 0 Å². The normalized spacial score (nSPS) is 17.5. The number of likely N-dealkylation sites (tertiary alicyclic amines) is 1. The minimum absolute atomic E-state index is 0.00218. The molecule has 362 valence electrons. The third-order valence-electron chi connectivity index (χ3n) is 10.6. The molecule has 70 heavy (non-hydrogen) atoms. The van der Waals surface area contributed by atoms with Crippen LogP contribution in [0.5, 0.6) is 11.5 Å². The van der Waals surface area contributed by atoms with Gasteiger partial charge in [0.25, 0.3) is 0 Å². The summed E-state index contributed by atoms with van der Waals surface area (Å²) >= 11 is 2.10. The molecule has 0 bridgehead atoms. The maximum Gasteiger partial charge on any atom is 0.349 e. The molecular weight excluding hydrogens is 1010 g/mol. The minimum atomic E-state index is -0.915. The molecule has 4 aromatic carbocycles. The Morgan fingerprint density at radius 3 is 1.93 bits per heavy atom.